The molecule has 18 heavy (non-hydrogen) atoms. The molecular weight excluding hydrogens is 224 g/mol. The summed E-state index contributed by atoms with van der Waals surface area (Å²) >= 11 is 0. The molecule has 0 radical (unpaired) electrons. The Morgan fingerprint density at radius 2 is 2.22 bits per heavy atom. The lowest BCUT2D eigenvalue weighted by atomic mass is 9.98. The minimum atomic E-state index is 0.231. The van der Waals surface area contributed by atoms with Crippen LogP contribution in [0.3, 0.4) is 0 Å². The second kappa shape index (κ2) is 4.05. The van der Waals surface area contributed by atoms with E-state index >= 15 is 0 Å². The summed E-state index contributed by atoms with van der Waals surface area (Å²) in [6.07, 6.45) is 6.71. The monoisotopic (exact) mass is 244 g/mol. The van der Waals surface area contributed by atoms with Crippen molar-refractivity contribution in [3.05, 3.63) is 29.7 Å². The van der Waals surface area contributed by atoms with Crippen LogP contribution in [0.1, 0.15) is 37.9 Å². The highest BCUT2D eigenvalue weighted by molar-refractivity contribution is 5.38. The third kappa shape index (κ3) is 2.25. The van der Waals surface area contributed by atoms with Crippen LogP contribution in [-0.2, 0) is 6.54 Å². The second-order valence-corrected chi connectivity index (χ2v) is 5.90. The standard InChI is InChI=1S/C14H20N4/c1-10-6-13-15-7-11(9-18(13)17-10)8-16-14(2,3)12-4-5-12/h6-7,9,12,16H,4-5,8H2,1-3H3. The lowest BCUT2D eigenvalue weighted by Crippen LogP contribution is -2.40. The quantitative estimate of drug-likeness (QED) is 0.897. The fourth-order valence-electron chi connectivity index (χ4n) is 2.40. The van der Waals surface area contributed by atoms with E-state index in [0.29, 0.717) is 0 Å². The Kier molecular flexibility index (Phi) is 2.63. The highest BCUT2D eigenvalue weighted by Crippen LogP contribution is 2.39. The van der Waals surface area contributed by atoms with Crippen molar-refractivity contribution in [1.29, 1.82) is 0 Å². The molecule has 0 unspecified atom stereocenters. The highest BCUT2D eigenvalue weighted by atomic mass is 15.2. The van der Waals surface area contributed by atoms with Gasteiger partial charge in [0.05, 0.1) is 5.69 Å². The average molecular weight is 244 g/mol. The van der Waals surface area contributed by atoms with Gasteiger partial charge in [0.2, 0.25) is 0 Å². The molecule has 2 aromatic heterocycles. The van der Waals surface area contributed by atoms with Gasteiger partial charge >= 0.3 is 0 Å². The summed E-state index contributed by atoms with van der Waals surface area (Å²) in [5.41, 5.74) is 3.33. The number of nitrogens with zero attached hydrogens (tertiary/aromatic N) is 3. The Morgan fingerprint density at radius 3 is 2.94 bits per heavy atom. The van der Waals surface area contributed by atoms with Gasteiger partial charge in [-0.05, 0) is 39.5 Å². The summed E-state index contributed by atoms with van der Waals surface area (Å²) in [4.78, 5) is 4.42. The van der Waals surface area contributed by atoms with Crippen molar-refractivity contribution in [2.45, 2.75) is 45.7 Å². The number of hydrogen-bond donors (Lipinski definition) is 1. The van der Waals surface area contributed by atoms with Crippen molar-refractivity contribution in [3.8, 4) is 0 Å². The van der Waals surface area contributed by atoms with Crippen LogP contribution in [0.5, 0.6) is 0 Å². The van der Waals surface area contributed by atoms with Crippen molar-refractivity contribution in [1.82, 2.24) is 19.9 Å². The average Bonchev–Trinajstić information content (AvgIpc) is 3.09. The predicted molar refractivity (Wildman–Crippen MR) is 71.4 cm³/mol. The van der Waals surface area contributed by atoms with Gasteiger partial charge in [-0.1, -0.05) is 0 Å². The zero-order valence-corrected chi connectivity index (χ0v) is 11.3. The predicted octanol–water partition coefficient (Wildman–Crippen LogP) is 2.32. The van der Waals surface area contributed by atoms with Crippen LogP contribution in [0.4, 0.5) is 0 Å². The first-order chi connectivity index (χ1) is 8.54. The van der Waals surface area contributed by atoms with Crippen LogP contribution in [-0.4, -0.2) is 20.1 Å². The molecule has 2 aromatic rings. The minimum absolute atomic E-state index is 0.231. The minimum Gasteiger partial charge on any atom is -0.307 e. The van der Waals surface area contributed by atoms with E-state index in [1.165, 1.54) is 18.4 Å². The molecule has 1 aliphatic rings. The first kappa shape index (κ1) is 11.7. The normalized spacial score (nSPS) is 16.4. The molecule has 1 fully saturated rings. The maximum absolute atomic E-state index is 4.42. The Labute approximate surface area is 107 Å². The lowest BCUT2D eigenvalue weighted by Gasteiger charge is -2.26. The molecule has 0 aromatic carbocycles. The van der Waals surface area contributed by atoms with Gasteiger partial charge in [0.15, 0.2) is 5.65 Å². The molecule has 4 nitrogen and oxygen atoms in total. The summed E-state index contributed by atoms with van der Waals surface area (Å²) in [6.45, 7) is 7.41. The summed E-state index contributed by atoms with van der Waals surface area (Å²) in [5.74, 6) is 0.834. The van der Waals surface area contributed by atoms with Crippen molar-refractivity contribution >= 4 is 5.65 Å². The molecule has 0 amide bonds. The first-order valence-electron chi connectivity index (χ1n) is 6.60. The van der Waals surface area contributed by atoms with Gasteiger partial charge < -0.3 is 5.32 Å². The number of rotatable bonds is 4. The van der Waals surface area contributed by atoms with Crippen LogP contribution >= 0.6 is 0 Å². The van der Waals surface area contributed by atoms with Crippen molar-refractivity contribution in [2.24, 2.45) is 5.92 Å². The number of aromatic nitrogens is 3. The van der Waals surface area contributed by atoms with E-state index in [1.54, 1.807) is 0 Å². The van der Waals surface area contributed by atoms with E-state index in [9.17, 15) is 0 Å². The topological polar surface area (TPSA) is 42.2 Å². The summed E-state index contributed by atoms with van der Waals surface area (Å²) in [5, 5.41) is 8.02. The Morgan fingerprint density at radius 1 is 1.44 bits per heavy atom. The zero-order valence-electron chi connectivity index (χ0n) is 11.3. The summed E-state index contributed by atoms with van der Waals surface area (Å²) < 4.78 is 1.86. The SMILES string of the molecule is Cc1cc2ncc(CNC(C)(C)C3CC3)cn2n1. The number of hydrogen-bond acceptors (Lipinski definition) is 3. The third-order valence-electron chi connectivity index (χ3n) is 3.84. The van der Waals surface area contributed by atoms with Gasteiger partial charge in [-0.15, -0.1) is 0 Å². The smallest absolute Gasteiger partial charge is 0.155 e. The maximum atomic E-state index is 4.42. The Balaban J connectivity index is 1.74. The number of nitrogens with one attached hydrogen (secondary N) is 1. The lowest BCUT2D eigenvalue weighted by molar-refractivity contribution is 0.339. The fourth-order valence-corrected chi connectivity index (χ4v) is 2.40. The second-order valence-electron chi connectivity index (χ2n) is 5.90. The van der Waals surface area contributed by atoms with E-state index in [2.05, 4.69) is 35.4 Å². The highest BCUT2D eigenvalue weighted by Gasteiger charge is 2.37. The summed E-state index contributed by atoms with van der Waals surface area (Å²) in [6, 6.07) is 1.99. The van der Waals surface area contributed by atoms with Crippen LogP contribution in [0.2, 0.25) is 0 Å². The molecule has 1 aliphatic carbocycles. The van der Waals surface area contributed by atoms with Gasteiger partial charge in [-0.3, -0.25) is 0 Å². The van der Waals surface area contributed by atoms with Gasteiger partial charge in [-0.2, -0.15) is 5.10 Å². The molecule has 4 heteroatoms. The van der Waals surface area contributed by atoms with Crippen LogP contribution in [0, 0.1) is 12.8 Å². The van der Waals surface area contributed by atoms with Crippen LogP contribution < -0.4 is 5.32 Å². The van der Waals surface area contributed by atoms with E-state index in [-0.39, 0.29) is 5.54 Å². The molecule has 2 heterocycles. The molecule has 0 aliphatic heterocycles. The van der Waals surface area contributed by atoms with E-state index in [1.807, 2.05) is 23.7 Å². The Bertz CT molecular complexity index is 566. The van der Waals surface area contributed by atoms with Crippen LogP contribution in [0.25, 0.3) is 5.65 Å². The molecule has 3 rings (SSSR count). The van der Waals surface area contributed by atoms with E-state index in [0.717, 1.165) is 23.8 Å². The molecule has 1 N–H and O–H groups in total. The van der Waals surface area contributed by atoms with Crippen molar-refractivity contribution in [2.75, 3.05) is 0 Å². The molecule has 0 bridgehead atoms. The van der Waals surface area contributed by atoms with Gasteiger partial charge in [0.1, 0.15) is 0 Å². The van der Waals surface area contributed by atoms with Crippen molar-refractivity contribution < 1.29 is 0 Å². The third-order valence-corrected chi connectivity index (χ3v) is 3.84. The van der Waals surface area contributed by atoms with Gasteiger partial charge in [0, 0.05) is 36.1 Å². The summed E-state index contributed by atoms with van der Waals surface area (Å²) in [7, 11) is 0. The first-order valence-corrected chi connectivity index (χ1v) is 6.60. The van der Waals surface area contributed by atoms with Gasteiger partial charge in [0.25, 0.3) is 0 Å². The number of aryl methyl sites for hydroxylation is 1. The molecular formula is C14H20N4. The van der Waals surface area contributed by atoms with E-state index in [4.69, 9.17) is 0 Å². The van der Waals surface area contributed by atoms with Crippen molar-refractivity contribution in [3.63, 3.8) is 0 Å². The molecule has 1 saturated carbocycles. The zero-order chi connectivity index (χ0) is 12.8. The number of fused-ring (bicyclic) bond motifs is 1. The Hall–Kier alpha value is -1.42. The molecule has 96 valence electrons. The van der Waals surface area contributed by atoms with E-state index < -0.39 is 0 Å². The van der Waals surface area contributed by atoms with Crippen LogP contribution in [0.15, 0.2) is 18.5 Å². The molecule has 0 saturated heterocycles. The maximum Gasteiger partial charge on any atom is 0.155 e. The fraction of sp³-hybridized carbons (Fsp3) is 0.571. The van der Waals surface area contributed by atoms with Gasteiger partial charge in [-0.25, -0.2) is 9.50 Å². The molecule has 0 spiro atoms. The molecule has 0 atom stereocenters. The largest absolute Gasteiger partial charge is 0.307 e.